The molecule has 2 aromatic carbocycles. The molecule has 0 atom stereocenters. The first kappa shape index (κ1) is 23.0. The van der Waals surface area contributed by atoms with Crippen molar-refractivity contribution in [3.05, 3.63) is 83.9 Å². The third-order valence-electron chi connectivity index (χ3n) is 4.95. The first-order valence-corrected chi connectivity index (χ1v) is 11.9. The van der Waals surface area contributed by atoms with Crippen LogP contribution < -0.4 is 4.74 Å². The summed E-state index contributed by atoms with van der Waals surface area (Å²) in [6.45, 7) is 9.02. The molecule has 1 aliphatic rings. The van der Waals surface area contributed by atoms with Gasteiger partial charge in [0.2, 0.25) is 0 Å². The van der Waals surface area contributed by atoms with E-state index in [4.69, 9.17) is 22.1 Å². The molecule has 0 radical (unpaired) electrons. The molecule has 0 aliphatic carbocycles. The van der Waals surface area contributed by atoms with Crippen LogP contribution in [0.25, 0.3) is 23.0 Å². The fraction of sp³-hybridized carbons (Fsp3) is 0.192. The predicted octanol–water partition coefficient (Wildman–Crippen LogP) is 5.96. The summed E-state index contributed by atoms with van der Waals surface area (Å²) in [5.74, 6) is 1.17. The van der Waals surface area contributed by atoms with Crippen LogP contribution >= 0.6 is 24.0 Å². The first-order chi connectivity index (χ1) is 16.0. The number of amides is 1. The van der Waals surface area contributed by atoms with E-state index in [1.807, 2.05) is 71.6 Å². The molecule has 0 unspecified atom stereocenters. The molecule has 3 aromatic rings. The van der Waals surface area contributed by atoms with Crippen LogP contribution in [0.4, 0.5) is 0 Å². The number of thioether (sulfide) groups is 1. The molecule has 0 spiro atoms. The van der Waals surface area contributed by atoms with Crippen LogP contribution in [0.2, 0.25) is 0 Å². The average Bonchev–Trinajstić information content (AvgIpc) is 3.35. The van der Waals surface area contributed by atoms with Gasteiger partial charge in [-0.05, 0) is 48.4 Å². The van der Waals surface area contributed by atoms with Crippen LogP contribution in [-0.2, 0) is 4.79 Å². The molecule has 0 N–H and O–H groups in total. The van der Waals surface area contributed by atoms with Gasteiger partial charge in [0, 0.05) is 23.9 Å². The van der Waals surface area contributed by atoms with Gasteiger partial charge in [-0.15, -0.1) is 6.58 Å². The van der Waals surface area contributed by atoms with Crippen molar-refractivity contribution in [2.75, 3.05) is 13.2 Å². The maximum atomic E-state index is 12.9. The second-order valence-electron chi connectivity index (χ2n) is 8.02. The lowest BCUT2D eigenvalue weighted by Gasteiger charge is -2.10. The lowest BCUT2D eigenvalue weighted by Crippen LogP contribution is -2.27. The Balaban J connectivity index is 1.72. The summed E-state index contributed by atoms with van der Waals surface area (Å²) in [6.07, 6.45) is 5.48. The van der Waals surface area contributed by atoms with Gasteiger partial charge in [0.05, 0.1) is 22.9 Å². The lowest BCUT2D eigenvalue weighted by atomic mass is 10.1. The number of benzene rings is 2. The SMILES string of the molecule is C=CCN1C(=O)C(=Cc2cn(-c3ccccc3)nc2-c2ccc(OCC(C)C)cc2)SC1=S. The van der Waals surface area contributed by atoms with E-state index in [0.717, 1.165) is 28.3 Å². The molecule has 0 saturated carbocycles. The fourth-order valence-corrected chi connectivity index (χ4v) is 4.60. The van der Waals surface area contributed by atoms with Crippen LogP contribution in [0.1, 0.15) is 19.4 Å². The highest BCUT2D eigenvalue weighted by molar-refractivity contribution is 8.26. The minimum Gasteiger partial charge on any atom is -0.493 e. The van der Waals surface area contributed by atoms with Gasteiger partial charge in [-0.1, -0.05) is 62.1 Å². The van der Waals surface area contributed by atoms with E-state index in [1.54, 1.807) is 11.0 Å². The number of nitrogens with zero attached hydrogens (tertiary/aromatic N) is 3. The molecule has 4 rings (SSSR count). The molecule has 0 bridgehead atoms. The zero-order valence-corrected chi connectivity index (χ0v) is 20.2. The third-order valence-corrected chi connectivity index (χ3v) is 6.32. The molecule has 7 heteroatoms. The summed E-state index contributed by atoms with van der Waals surface area (Å²) in [4.78, 5) is 15.0. The Bertz CT molecular complexity index is 1200. The summed E-state index contributed by atoms with van der Waals surface area (Å²) < 4.78 is 8.18. The second-order valence-corrected chi connectivity index (χ2v) is 9.70. The van der Waals surface area contributed by atoms with E-state index < -0.39 is 0 Å². The summed E-state index contributed by atoms with van der Waals surface area (Å²) in [5, 5.41) is 4.84. The highest BCUT2D eigenvalue weighted by atomic mass is 32.2. The van der Waals surface area contributed by atoms with Crippen LogP contribution in [0, 0.1) is 5.92 Å². The van der Waals surface area contributed by atoms with E-state index in [0.29, 0.717) is 28.3 Å². The minimum atomic E-state index is -0.110. The van der Waals surface area contributed by atoms with Crippen LogP contribution in [0.3, 0.4) is 0 Å². The predicted molar refractivity (Wildman–Crippen MR) is 139 cm³/mol. The maximum absolute atomic E-state index is 12.9. The van der Waals surface area contributed by atoms with E-state index in [2.05, 4.69) is 20.4 Å². The van der Waals surface area contributed by atoms with Crippen molar-refractivity contribution < 1.29 is 9.53 Å². The van der Waals surface area contributed by atoms with Gasteiger partial charge < -0.3 is 4.74 Å². The van der Waals surface area contributed by atoms with Crippen molar-refractivity contribution in [1.82, 2.24) is 14.7 Å². The van der Waals surface area contributed by atoms with Gasteiger partial charge in [0.15, 0.2) is 0 Å². The summed E-state index contributed by atoms with van der Waals surface area (Å²) >= 11 is 6.69. The summed E-state index contributed by atoms with van der Waals surface area (Å²) in [5.41, 5.74) is 3.50. The first-order valence-electron chi connectivity index (χ1n) is 10.7. The maximum Gasteiger partial charge on any atom is 0.266 e. The lowest BCUT2D eigenvalue weighted by molar-refractivity contribution is -0.121. The van der Waals surface area contributed by atoms with Crippen molar-refractivity contribution in [1.29, 1.82) is 0 Å². The van der Waals surface area contributed by atoms with Crippen LogP contribution in [-0.4, -0.2) is 38.1 Å². The number of carbonyl (C=O) groups excluding carboxylic acids is 1. The summed E-state index contributed by atoms with van der Waals surface area (Å²) in [7, 11) is 0. The average molecular weight is 476 g/mol. The van der Waals surface area contributed by atoms with Gasteiger partial charge >= 0.3 is 0 Å². The normalized spacial score (nSPS) is 15.0. The number of aromatic nitrogens is 2. The molecule has 168 valence electrons. The Morgan fingerprint density at radius 1 is 1.15 bits per heavy atom. The third kappa shape index (κ3) is 5.26. The Kier molecular flexibility index (Phi) is 7.11. The van der Waals surface area contributed by atoms with Crippen LogP contribution in [0.5, 0.6) is 5.75 Å². The van der Waals surface area contributed by atoms with E-state index in [-0.39, 0.29) is 5.91 Å². The van der Waals surface area contributed by atoms with Crippen LogP contribution in [0.15, 0.2) is 78.4 Å². The van der Waals surface area contributed by atoms with Crippen molar-refractivity contribution in [3.8, 4) is 22.7 Å². The molecule has 2 heterocycles. The van der Waals surface area contributed by atoms with Gasteiger partial charge in [-0.25, -0.2) is 4.68 Å². The van der Waals surface area contributed by atoms with Crippen molar-refractivity contribution >= 4 is 40.3 Å². The van der Waals surface area contributed by atoms with Gasteiger partial charge in [0.1, 0.15) is 10.1 Å². The Morgan fingerprint density at radius 2 is 1.88 bits per heavy atom. The van der Waals surface area contributed by atoms with Crippen molar-refractivity contribution in [2.45, 2.75) is 13.8 Å². The number of hydrogen-bond acceptors (Lipinski definition) is 5. The molecule has 1 aliphatic heterocycles. The topological polar surface area (TPSA) is 47.4 Å². The van der Waals surface area contributed by atoms with Crippen molar-refractivity contribution in [2.24, 2.45) is 5.92 Å². The molecule has 1 amide bonds. The number of hydrogen-bond donors (Lipinski definition) is 0. The number of ether oxygens (including phenoxy) is 1. The number of para-hydroxylation sites is 1. The van der Waals surface area contributed by atoms with E-state index >= 15 is 0 Å². The van der Waals surface area contributed by atoms with Gasteiger partial charge in [-0.3, -0.25) is 9.69 Å². The summed E-state index contributed by atoms with van der Waals surface area (Å²) in [6, 6.07) is 17.8. The highest BCUT2D eigenvalue weighted by Crippen LogP contribution is 2.35. The standard InChI is InChI=1S/C26H25N3O2S2/c1-4-14-28-25(30)23(33-26(28)32)15-20-16-29(21-8-6-5-7-9-21)27-24(20)19-10-12-22(13-11-19)31-17-18(2)3/h4-13,15-16,18H,1,14,17H2,2-3H3. The smallest absolute Gasteiger partial charge is 0.266 e. The monoisotopic (exact) mass is 475 g/mol. The molecule has 1 fully saturated rings. The van der Waals surface area contributed by atoms with E-state index in [1.165, 1.54) is 11.8 Å². The molecule has 33 heavy (non-hydrogen) atoms. The van der Waals surface area contributed by atoms with Gasteiger partial charge in [0.25, 0.3) is 5.91 Å². The highest BCUT2D eigenvalue weighted by Gasteiger charge is 2.31. The van der Waals surface area contributed by atoms with Gasteiger partial charge in [-0.2, -0.15) is 5.10 Å². The largest absolute Gasteiger partial charge is 0.493 e. The number of carbonyl (C=O) groups is 1. The Hall–Kier alpha value is -3.16. The Morgan fingerprint density at radius 3 is 2.55 bits per heavy atom. The molecule has 1 saturated heterocycles. The fourth-order valence-electron chi connectivity index (χ4n) is 3.33. The quantitative estimate of drug-likeness (QED) is 0.228. The molecule has 5 nitrogen and oxygen atoms in total. The van der Waals surface area contributed by atoms with Crippen molar-refractivity contribution in [3.63, 3.8) is 0 Å². The minimum absolute atomic E-state index is 0.110. The zero-order chi connectivity index (χ0) is 23.4. The molecular weight excluding hydrogens is 450 g/mol. The Labute approximate surface area is 203 Å². The second kappa shape index (κ2) is 10.2. The molecule has 1 aromatic heterocycles. The number of thiocarbonyl (C=S) groups is 1. The zero-order valence-electron chi connectivity index (χ0n) is 18.6. The van der Waals surface area contributed by atoms with E-state index in [9.17, 15) is 4.79 Å². The number of rotatable bonds is 8. The molecular formula is C26H25N3O2S2.